The Bertz CT molecular complexity index is 1020. The molecule has 23 heavy (non-hydrogen) atoms. The molecule has 5 nitrogen and oxygen atoms in total. The number of aromatic nitrogens is 5. The first-order chi connectivity index (χ1) is 11.3. The Morgan fingerprint density at radius 1 is 1.30 bits per heavy atom. The molecule has 0 spiro atoms. The van der Waals surface area contributed by atoms with Crippen molar-refractivity contribution in [3.8, 4) is 11.4 Å². The van der Waals surface area contributed by atoms with Gasteiger partial charge in [-0.2, -0.15) is 0 Å². The Kier molecular flexibility index (Phi) is 2.76. The average Bonchev–Trinajstić information content (AvgIpc) is 3.16. The van der Waals surface area contributed by atoms with Gasteiger partial charge in [-0.25, -0.2) is 4.98 Å². The topological polar surface area (TPSA) is 56.0 Å². The summed E-state index contributed by atoms with van der Waals surface area (Å²) in [6, 6.07) is 3.91. The van der Waals surface area contributed by atoms with Crippen LogP contribution in [0.25, 0.3) is 27.3 Å². The molecule has 5 rings (SSSR count). The molecule has 1 aliphatic carbocycles. The first kappa shape index (κ1) is 13.1. The van der Waals surface area contributed by atoms with E-state index in [1.54, 1.807) is 6.20 Å². The van der Waals surface area contributed by atoms with Gasteiger partial charge in [0.15, 0.2) is 11.5 Å². The molecule has 4 aromatic heterocycles. The van der Waals surface area contributed by atoms with Gasteiger partial charge in [0.2, 0.25) is 0 Å². The molecule has 0 fully saturated rings. The second-order valence-corrected chi connectivity index (χ2v) is 7.32. The zero-order valence-corrected chi connectivity index (χ0v) is 13.5. The third-order valence-corrected chi connectivity index (χ3v) is 5.82. The first-order valence-electron chi connectivity index (χ1n) is 7.85. The molecule has 4 aromatic rings. The van der Waals surface area contributed by atoms with Crippen LogP contribution in [0.1, 0.15) is 23.8 Å². The fourth-order valence-electron chi connectivity index (χ4n) is 3.44. The zero-order chi connectivity index (χ0) is 15.4. The summed E-state index contributed by atoms with van der Waals surface area (Å²) in [4.78, 5) is 11.4. The number of rotatable bonds is 1. The normalized spacial score (nSPS) is 17.7. The molecule has 0 saturated carbocycles. The second-order valence-electron chi connectivity index (χ2n) is 6.24. The van der Waals surface area contributed by atoms with Gasteiger partial charge in [0.25, 0.3) is 0 Å². The summed E-state index contributed by atoms with van der Waals surface area (Å²) in [5.74, 6) is 1.52. The van der Waals surface area contributed by atoms with Crippen LogP contribution in [0.15, 0.2) is 30.9 Å². The Balaban J connectivity index is 1.81. The van der Waals surface area contributed by atoms with Crippen molar-refractivity contribution in [3.63, 3.8) is 0 Å². The number of hydrogen-bond donors (Lipinski definition) is 0. The zero-order valence-electron chi connectivity index (χ0n) is 12.7. The first-order valence-corrected chi connectivity index (χ1v) is 8.67. The van der Waals surface area contributed by atoms with Gasteiger partial charge in [0, 0.05) is 22.8 Å². The highest BCUT2D eigenvalue weighted by atomic mass is 32.1. The molecule has 1 aliphatic rings. The van der Waals surface area contributed by atoms with Crippen molar-refractivity contribution >= 4 is 27.2 Å². The second kappa shape index (κ2) is 4.83. The predicted octanol–water partition coefficient (Wildman–Crippen LogP) is 3.53. The van der Waals surface area contributed by atoms with Gasteiger partial charge in [0.1, 0.15) is 11.2 Å². The van der Waals surface area contributed by atoms with Gasteiger partial charge >= 0.3 is 0 Å². The van der Waals surface area contributed by atoms with Crippen molar-refractivity contribution in [2.75, 3.05) is 0 Å². The molecule has 1 atom stereocenters. The fourth-order valence-corrected chi connectivity index (χ4v) is 4.62. The largest absolute Gasteiger partial charge is 0.265 e. The lowest BCUT2D eigenvalue weighted by Gasteiger charge is -2.17. The molecule has 0 aliphatic heterocycles. The molecule has 4 heterocycles. The van der Waals surface area contributed by atoms with Gasteiger partial charge in [0.05, 0.1) is 5.39 Å². The Morgan fingerprint density at radius 3 is 3.13 bits per heavy atom. The van der Waals surface area contributed by atoms with E-state index in [2.05, 4.69) is 27.1 Å². The van der Waals surface area contributed by atoms with Gasteiger partial charge in [-0.15, -0.1) is 21.5 Å². The molecule has 6 heteroatoms. The smallest absolute Gasteiger partial charge is 0.172 e. The minimum Gasteiger partial charge on any atom is -0.265 e. The highest BCUT2D eigenvalue weighted by molar-refractivity contribution is 7.19. The minimum absolute atomic E-state index is 0.723. The maximum atomic E-state index is 4.68. The number of fused-ring (bicyclic) bond motifs is 5. The molecule has 0 aromatic carbocycles. The minimum atomic E-state index is 0.723. The van der Waals surface area contributed by atoms with Gasteiger partial charge in [-0.05, 0) is 42.9 Å². The lowest BCUT2D eigenvalue weighted by atomic mass is 9.89. The van der Waals surface area contributed by atoms with Crippen LogP contribution in [-0.4, -0.2) is 24.6 Å². The van der Waals surface area contributed by atoms with E-state index >= 15 is 0 Å². The molecule has 0 amide bonds. The van der Waals surface area contributed by atoms with E-state index < -0.39 is 0 Å². The summed E-state index contributed by atoms with van der Waals surface area (Å²) in [5.41, 5.74) is 3.31. The molecular weight excluding hydrogens is 306 g/mol. The predicted molar refractivity (Wildman–Crippen MR) is 90.6 cm³/mol. The monoisotopic (exact) mass is 321 g/mol. The fraction of sp³-hybridized carbons (Fsp3) is 0.294. The van der Waals surface area contributed by atoms with Gasteiger partial charge in [-0.1, -0.05) is 6.92 Å². The van der Waals surface area contributed by atoms with Crippen LogP contribution < -0.4 is 0 Å². The molecule has 0 saturated heterocycles. The Labute approximate surface area is 137 Å². The lowest BCUT2D eigenvalue weighted by molar-refractivity contribution is 0.508. The van der Waals surface area contributed by atoms with Gasteiger partial charge in [-0.3, -0.25) is 9.38 Å². The summed E-state index contributed by atoms with van der Waals surface area (Å²) in [6.45, 7) is 2.32. The van der Waals surface area contributed by atoms with Crippen LogP contribution in [0.3, 0.4) is 0 Å². The van der Waals surface area contributed by atoms with Crippen LogP contribution in [0.5, 0.6) is 0 Å². The van der Waals surface area contributed by atoms with Crippen LogP contribution in [0.2, 0.25) is 0 Å². The van der Waals surface area contributed by atoms with Crippen molar-refractivity contribution < 1.29 is 0 Å². The maximum absolute atomic E-state index is 4.68. The molecule has 0 N–H and O–H groups in total. The number of aryl methyl sites for hydroxylation is 1. The summed E-state index contributed by atoms with van der Waals surface area (Å²) in [6.07, 6.45) is 8.96. The number of pyridine rings is 1. The van der Waals surface area contributed by atoms with Crippen LogP contribution in [0.4, 0.5) is 0 Å². The van der Waals surface area contributed by atoms with E-state index in [1.165, 1.54) is 22.2 Å². The van der Waals surface area contributed by atoms with Crippen molar-refractivity contribution in [2.45, 2.75) is 26.2 Å². The van der Waals surface area contributed by atoms with E-state index in [9.17, 15) is 0 Å². The molecule has 114 valence electrons. The van der Waals surface area contributed by atoms with E-state index in [-0.39, 0.29) is 0 Å². The van der Waals surface area contributed by atoms with E-state index in [4.69, 9.17) is 0 Å². The highest BCUT2D eigenvalue weighted by Gasteiger charge is 2.24. The van der Waals surface area contributed by atoms with E-state index in [0.29, 0.717) is 0 Å². The van der Waals surface area contributed by atoms with Crippen molar-refractivity contribution in [3.05, 3.63) is 41.3 Å². The molecule has 1 unspecified atom stereocenters. The number of thiophene rings is 1. The van der Waals surface area contributed by atoms with Crippen molar-refractivity contribution in [2.24, 2.45) is 5.92 Å². The average molecular weight is 321 g/mol. The quantitative estimate of drug-likeness (QED) is 0.538. The van der Waals surface area contributed by atoms with Crippen molar-refractivity contribution in [1.82, 2.24) is 24.6 Å². The van der Waals surface area contributed by atoms with Crippen molar-refractivity contribution in [1.29, 1.82) is 0 Å². The maximum Gasteiger partial charge on any atom is 0.172 e. The summed E-state index contributed by atoms with van der Waals surface area (Å²) >= 11 is 1.82. The molecule has 0 bridgehead atoms. The summed E-state index contributed by atoms with van der Waals surface area (Å²) in [7, 11) is 0. The van der Waals surface area contributed by atoms with E-state index in [1.807, 2.05) is 40.4 Å². The van der Waals surface area contributed by atoms with Crippen LogP contribution >= 0.6 is 11.3 Å². The lowest BCUT2D eigenvalue weighted by Crippen LogP contribution is -2.09. The molecule has 0 radical (unpaired) electrons. The standard InChI is InChI=1S/C17H15N5S/c1-10-4-5-13-12(7-10)14-16-21-20-15(11-3-2-6-18-8-11)22(16)9-19-17(14)23-13/h2-3,6,8-10H,4-5,7H2,1H3. The van der Waals surface area contributed by atoms with Crippen LogP contribution in [0, 0.1) is 5.92 Å². The van der Waals surface area contributed by atoms with Gasteiger partial charge < -0.3 is 0 Å². The third kappa shape index (κ3) is 1.91. The van der Waals surface area contributed by atoms with E-state index in [0.717, 1.165) is 40.6 Å². The SMILES string of the molecule is CC1CCc2sc3ncn4c(-c5cccnc5)nnc4c3c2C1. The summed E-state index contributed by atoms with van der Waals surface area (Å²) in [5, 5.41) is 10.1. The third-order valence-electron chi connectivity index (χ3n) is 4.62. The summed E-state index contributed by atoms with van der Waals surface area (Å²) < 4.78 is 1.99. The van der Waals surface area contributed by atoms with Crippen LogP contribution in [-0.2, 0) is 12.8 Å². The Hall–Kier alpha value is -2.34. The highest BCUT2D eigenvalue weighted by Crippen LogP contribution is 2.39. The number of nitrogens with zero attached hydrogens (tertiary/aromatic N) is 5. The Morgan fingerprint density at radius 2 is 2.26 bits per heavy atom. The molecular formula is C17H15N5S. The number of hydrogen-bond acceptors (Lipinski definition) is 5.